The maximum atomic E-state index is 14.6. The molecule has 0 radical (unpaired) electrons. The van der Waals surface area contributed by atoms with Crippen molar-refractivity contribution in [3.05, 3.63) is 58.4 Å². The lowest BCUT2D eigenvalue weighted by molar-refractivity contribution is -0.218. The van der Waals surface area contributed by atoms with Crippen LogP contribution in [0.5, 0.6) is 11.5 Å². The van der Waals surface area contributed by atoms with Crippen molar-refractivity contribution in [2.45, 2.75) is 29.1 Å². The van der Waals surface area contributed by atoms with Gasteiger partial charge >= 0.3 is 11.8 Å². The summed E-state index contributed by atoms with van der Waals surface area (Å²) in [5, 5.41) is 18.0. The summed E-state index contributed by atoms with van der Waals surface area (Å²) in [5.74, 6) is -11.7. The predicted octanol–water partition coefficient (Wildman–Crippen LogP) is 2.74. The number of benzene rings is 2. The van der Waals surface area contributed by atoms with Gasteiger partial charge in [-0.2, -0.15) is 22.8 Å². The molecule has 0 saturated carbocycles. The van der Waals surface area contributed by atoms with Crippen molar-refractivity contribution in [3.8, 4) is 17.6 Å². The second-order valence-electron chi connectivity index (χ2n) is 7.68. The van der Waals surface area contributed by atoms with Gasteiger partial charge in [0.05, 0.1) is 17.7 Å². The lowest BCUT2D eigenvalue weighted by atomic mass is 9.47. The zero-order chi connectivity index (χ0) is 20.6. The molecular formula is C18H12B2F5NO2. The van der Waals surface area contributed by atoms with E-state index < -0.39 is 40.5 Å². The fourth-order valence-electron chi connectivity index (χ4n) is 4.30. The van der Waals surface area contributed by atoms with Gasteiger partial charge in [-0.15, -0.1) is 0 Å². The van der Waals surface area contributed by atoms with Gasteiger partial charge in [-0.25, -0.2) is 4.39 Å². The second-order valence-corrected chi connectivity index (χ2v) is 7.68. The summed E-state index contributed by atoms with van der Waals surface area (Å²) >= 11 is 0. The van der Waals surface area contributed by atoms with Crippen LogP contribution in [0, 0.1) is 17.1 Å². The zero-order valence-electron chi connectivity index (χ0n) is 14.7. The minimum absolute atomic E-state index is 0.0376. The third-order valence-corrected chi connectivity index (χ3v) is 5.61. The normalized spacial score (nSPS) is 25.2. The molecule has 10 heteroatoms. The number of ether oxygens (including phenoxy) is 1. The van der Waals surface area contributed by atoms with Crippen LogP contribution in [0.25, 0.3) is 0 Å². The van der Waals surface area contributed by atoms with Crippen LogP contribution in [0.1, 0.15) is 34.3 Å². The molecule has 4 rings (SSSR count). The van der Waals surface area contributed by atoms with Crippen molar-refractivity contribution < 1.29 is 31.8 Å². The van der Waals surface area contributed by atoms with E-state index in [2.05, 4.69) is 0 Å². The van der Waals surface area contributed by atoms with E-state index in [1.165, 1.54) is 21.8 Å². The van der Waals surface area contributed by atoms with E-state index in [0.29, 0.717) is 0 Å². The van der Waals surface area contributed by atoms with Gasteiger partial charge in [-0.1, -0.05) is 0 Å². The molecule has 2 aromatic rings. The van der Waals surface area contributed by atoms with Crippen molar-refractivity contribution in [1.82, 2.24) is 0 Å². The average Bonchev–Trinajstić information content (AvgIpc) is 2.90. The molecule has 0 aliphatic heterocycles. The van der Waals surface area contributed by atoms with Gasteiger partial charge in [0.2, 0.25) is 0 Å². The van der Waals surface area contributed by atoms with Gasteiger partial charge in [-0.05, 0) is 35.0 Å². The molecule has 0 bridgehead atoms. The van der Waals surface area contributed by atoms with Crippen LogP contribution in [0.3, 0.4) is 0 Å². The summed E-state index contributed by atoms with van der Waals surface area (Å²) < 4.78 is 77.2. The Morgan fingerprint density at radius 3 is 2.39 bits per heavy atom. The molecule has 0 heterocycles. The van der Waals surface area contributed by atoms with Crippen LogP contribution in [0.4, 0.5) is 22.0 Å². The third kappa shape index (κ3) is 2.20. The predicted molar refractivity (Wildman–Crippen MR) is 94.0 cm³/mol. The van der Waals surface area contributed by atoms with Crippen LogP contribution in [-0.2, 0) is 5.92 Å². The van der Waals surface area contributed by atoms with Crippen molar-refractivity contribution >= 4 is 15.7 Å². The first-order chi connectivity index (χ1) is 12.9. The standard InChI is InChI=1S/C18H12B2F5NO2/c19-16(20)14-12-10(17(22,23)18(14,24)25)1-2-11(13(12)15(16)27)28-9-4-7(6-26)3-8(21)5-9/h1-5,14-15,27H,19-20H2. The molecule has 142 valence electrons. The lowest BCUT2D eigenvalue weighted by Crippen LogP contribution is -2.42. The van der Waals surface area contributed by atoms with Crippen LogP contribution >= 0.6 is 0 Å². The Labute approximate surface area is 158 Å². The largest absolute Gasteiger partial charge is 0.457 e. The molecule has 1 N–H and O–H groups in total. The molecule has 0 fully saturated rings. The van der Waals surface area contributed by atoms with Crippen molar-refractivity contribution in [2.75, 3.05) is 0 Å². The first kappa shape index (κ1) is 18.8. The molecular weight excluding hydrogens is 379 g/mol. The first-order valence-corrected chi connectivity index (χ1v) is 8.42. The molecule has 2 aromatic carbocycles. The molecule has 0 aromatic heterocycles. The SMILES string of the molecule is BC1(B)C(O)c2c(Oc3cc(F)cc(C#N)c3)ccc3c2C1C(F)(F)C3(F)F. The maximum absolute atomic E-state index is 14.6. The number of nitriles is 1. The summed E-state index contributed by atoms with van der Waals surface area (Å²) in [5.41, 5.74) is -1.37. The highest BCUT2D eigenvalue weighted by Gasteiger charge is 2.75. The van der Waals surface area contributed by atoms with Gasteiger partial charge in [0.25, 0.3) is 0 Å². The number of halogens is 5. The number of rotatable bonds is 2. The summed E-state index contributed by atoms with van der Waals surface area (Å²) in [7, 11) is 2.59. The van der Waals surface area contributed by atoms with E-state index in [9.17, 15) is 27.1 Å². The van der Waals surface area contributed by atoms with E-state index in [-0.39, 0.29) is 28.2 Å². The topological polar surface area (TPSA) is 53.2 Å². The van der Waals surface area contributed by atoms with E-state index in [4.69, 9.17) is 10.00 Å². The number of alkyl halides is 4. The van der Waals surface area contributed by atoms with E-state index in [1.807, 2.05) is 0 Å². The number of nitrogens with zero attached hydrogens (tertiary/aromatic N) is 1. The van der Waals surface area contributed by atoms with Crippen molar-refractivity contribution in [2.24, 2.45) is 0 Å². The Balaban J connectivity index is 1.91. The highest BCUT2D eigenvalue weighted by molar-refractivity contribution is 6.41. The lowest BCUT2D eigenvalue weighted by Gasteiger charge is -2.35. The molecule has 3 nitrogen and oxygen atoms in total. The van der Waals surface area contributed by atoms with Crippen molar-refractivity contribution in [1.29, 1.82) is 5.26 Å². The highest BCUT2D eigenvalue weighted by atomic mass is 19.3. The molecule has 2 aliphatic rings. The van der Waals surface area contributed by atoms with E-state index >= 15 is 0 Å². The van der Waals surface area contributed by atoms with Gasteiger partial charge < -0.3 is 9.84 Å². The Hall–Kier alpha value is -2.53. The molecule has 2 atom stereocenters. The van der Waals surface area contributed by atoms with Crippen LogP contribution in [-0.4, -0.2) is 26.7 Å². The fraction of sp³-hybridized carbons (Fsp3) is 0.278. The van der Waals surface area contributed by atoms with Crippen LogP contribution in [0.2, 0.25) is 5.21 Å². The summed E-state index contributed by atoms with van der Waals surface area (Å²) in [6.45, 7) is 0. The van der Waals surface area contributed by atoms with Gasteiger partial charge in [0, 0.05) is 23.1 Å². The smallest absolute Gasteiger partial charge is 0.336 e. The fourth-order valence-corrected chi connectivity index (χ4v) is 4.30. The molecule has 0 saturated heterocycles. The van der Waals surface area contributed by atoms with Crippen LogP contribution < -0.4 is 4.74 Å². The number of aliphatic hydroxyl groups is 1. The first-order valence-electron chi connectivity index (χ1n) is 8.42. The summed E-state index contributed by atoms with van der Waals surface area (Å²) in [4.78, 5) is 0. The van der Waals surface area contributed by atoms with E-state index in [0.717, 1.165) is 24.3 Å². The third-order valence-electron chi connectivity index (χ3n) is 5.61. The zero-order valence-corrected chi connectivity index (χ0v) is 14.7. The van der Waals surface area contributed by atoms with Gasteiger partial charge in [0.1, 0.15) is 33.0 Å². The average molecular weight is 391 g/mol. The van der Waals surface area contributed by atoms with Gasteiger partial charge in [0.15, 0.2) is 0 Å². The maximum Gasteiger partial charge on any atom is 0.336 e. The quantitative estimate of drug-likeness (QED) is 0.633. The van der Waals surface area contributed by atoms with Crippen molar-refractivity contribution in [3.63, 3.8) is 0 Å². The molecule has 2 aliphatic carbocycles. The Morgan fingerprint density at radius 2 is 1.75 bits per heavy atom. The number of hydrogen-bond acceptors (Lipinski definition) is 3. The number of hydrogen-bond donors (Lipinski definition) is 1. The minimum atomic E-state index is -4.38. The Bertz CT molecular complexity index is 1050. The van der Waals surface area contributed by atoms with Gasteiger partial charge in [-0.3, -0.25) is 0 Å². The highest BCUT2D eigenvalue weighted by Crippen LogP contribution is 2.72. The summed E-state index contributed by atoms with van der Waals surface area (Å²) in [6, 6.07) is 6.81. The Kier molecular flexibility index (Phi) is 3.70. The Morgan fingerprint density at radius 1 is 1.07 bits per heavy atom. The summed E-state index contributed by atoms with van der Waals surface area (Å²) in [6.07, 6.45) is -1.49. The minimum Gasteiger partial charge on any atom is -0.457 e. The monoisotopic (exact) mass is 391 g/mol. The second kappa shape index (κ2) is 5.51. The number of aliphatic hydroxyl groups excluding tert-OH is 1. The molecule has 0 amide bonds. The van der Waals surface area contributed by atoms with Crippen LogP contribution in [0.15, 0.2) is 30.3 Å². The molecule has 2 unspecified atom stereocenters. The molecule has 28 heavy (non-hydrogen) atoms. The van der Waals surface area contributed by atoms with E-state index in [1.54, 1.807) is 6.07 Å². The molecule has 0 spiro atoms.